The van der Waals surface area contributed by atoms with Crippen LogP contribution in [0, 0.1) is 0 Å². The number of hydrogen-bond donors (Lipinski definition) is 0. The molecule has 1 amide bonds. The third kappa shape index (κ3) is 5.03. The molecule has 2 aromatic rings. The zero-order chi connectivity index (χ0) is 21.3. The maximum absolute atomic E-state index is 12.4. The summed E-state index contributed by atoms with van der Waals surface area (Å²) in [5.74, 6) is 0. The first kappa shape index (κ1) is 21.7. The molecule has 2 aromatic heterocycles. The molecule has 4 rings (SSSR count). The van der Waals surface area contributed by atoms with Crippen molar-refractivity contribution in [2.75, 3.05) is 45.9 Å². The molecule has 0 aromatic carbocycles. The number of ether oxygens (including phenoxy) is 2. The molecule has 2 saturated heterocycles. The van der Waals surface area contributed by atoms with Gasteiger partial charge >= 0.3 is 6.09 Å². The average molecular weight is 454 g/mol. The van der Waals surface area contributed by atoms with Crippen LogP contribution in [0.5, 0.6) is 0 Å². The molecule has 2 aliphatic heterocycles. The van der Waals surface area contributed by atoms with Crippen LogP contribution in [0.1, 0.15) is 31.8 Å². The van der Waals surface area contributed by atoms with Crippen LogP contribution in [0.25, 0.3) is 10.2 Å². The highest BCUT2D eigenvalue weighted by Crippen LogP contribution is 2.35. The number of thiophene rings is 1. The predicted octanol–water partition coefficient (Wildman–Crippen LogP) is 3.14. The van der Waals surface area contributed by atoms with E-state index in [1.54, 1.807) is 22.6 Å². The van der Waals surface area contributed by atoms with Crippen molar-refractivity contribution in [3.63, 3.8) is 0 Å². The molecule has 2 aliphatic rings. The normalized spacial score (nSPS) is 22.9. The van der Waals surface area contributed by atoms with Crippen molar-refractivity contribution in [1.29, 1.82) is 0 Å². The topological polar surface area (TPSA) is 71.0 Å². The zero-order valence-electron chi connectivity index (χ0n) is 17.6. The van der Waals surface area contributed by atoms with Crippen molar-refractivity contribution in [2.45, 2.75) is 38.1 Å². The molecule has 2 atom stereocenters. The Morgan fingerprint density at radius 3 is 2.70 bits per heavy atom. The van der Waals surface area contributed by atoms with Gasteiger partial charge in [-0.1, -0.05) is 11.6 Å². The third-order valence-electron chi connectivity index (χ3n) is 5.18. The predicted molar refractivity (Wildman–Crippen MR) is 117 cm³/mol. The Labute approximate surface area is 185 Å². The number of halogens is 1. The van der Waals surface area contributed by atoms with Crippen molar-refractivity contribution in [1.82, 2.24) is 24.7 Å². The summed E-state index contributed by atoms with van der Waals surface area (Å²) in [6, 6.07) is 2.14. The van der Waals surface area contributed by atoms with Gasteiger partial charge in [0.1, 0.15) is 17.5 Å². The van der Waals surface area contributed by atoms with Gasteiger partial charge in [0.25, 0.3) is 0 Å². The highest BCUT2D eigenvalue weighted by molar-refractivity contribution is 7.19. The van der Waals surface area contributed by atoms with Gasteiger partial charge in [-0.15, -0.1) is 11.3 Å². The number of carbonyl (C=O) groups is 1. The Bertz CT molecular complexity index is 848. The highest BCUT2D eigenvalue weighted by atomic mass is 35.5. The number of hydrogen-bond acceptors (Lipinski definition) is 8. The second-order valence-electron chi connectivity index (χ2n) is 8.57. The molecule has 164 valence electrons. The highest BCUT2D eigenvalue weighted by Gasteiger charge is 2.35. The lowest BCUT2D eigenvalue weighted by atomic mass is 10.2. The van der Waals surface area contributed by atoms with Crippen LogP contribution < -0.4 is 0 Å². The molecule has 30 heavy (non-hydrogen) atoms. The second-order valence-corrected chi connectivity index (χ2v) is 10.2. The van der Waals surface area contributed by atoms with Crippen LogP contribution in [0.4, 0.5) is 4.79 Å². The minimum Gasteiger partial charge on any atom is -0.444 e. The second kappa shape index (κ2) is 8.92. The molecule has 2 fully saturated rings. The van der Waals surface area contributed by atoms with Gasteiger partial charge in [0, 0.05) is 50.3 Å². The molecular weight excluding hydrogens is 426 g/mol. The Kier molecular flexibility index (Phi) is 6.45. The van der Waals surface area contributed by atoms with E-state index in [2.05, 4.69) is 25.8 Å². The van der Waals surface area contributed by atoms with E-state index in [0.717, 1.165) is 29.9 Å². The number of alkyl halides is 1. The van der Waals surface area contributed by atoms with Gasteiger partial charge in [-0.2, -0.15) is 0 Å². The van der Waals surface area contributed by atoms with Gasteiger partial charge in [0.05, 0.1) is 23.0 Å². The fourth-order valence-corrected chi connectivity index (χ4v) is 5.27. The summed E-state index contributed by atoms with van der Waals surface area (Å²) in [6.07, 6.45) is 3.26. The summed E-state index contributed by atoms with van der Waals surface area (Å²) >= 11 is 8.03. The van der Waals surface area contributed by atoms with E-state index in [-0.39, 0.29) is 17.8 Å². The van der Waals surface area contributed by atoms with Crippen molar-refractivity contribution in [3.05, 3.63) is 23.5 Å². The van der Waals surface area contributed by atoms with E-state index >= 15 is 0 Å². The summed E-state index contributed by atoms with van der Waals surface area (Å²) in [6.45, 7) is 10.5. The number of rotatable bonds is 3. The maximum atomic E-state index is 12.4. The number of fused-ring (bicyclic) bond motifs is 1. The summed E-state index contributed by atoms with van der Waals surface area (Å²) < 4.78 is 12.2. The van der Waals surface area contributed by atoms with E-state index in [1.165, 1.54) is 4.88 Å². The standard InChI is InChI=1S/C20H28ClN5O3S/c1-20(2,3)29-19(27)25-6-4-24(5-7-25)18(26-8-9-28-17(21)12-26)15-10-14-16(30-15)11-22-13-23-14/h10-11,13,17-18H,4-9,12H2,1-3H3. The first-order valence-corrected chi connectivity index (χ1v) is 11.5. The van der Waals surface area contributed by atoms with Gasteiger partial charge in [-0.25, -0.2) is 14.8 Å². The summed E-state index contributed by atoms with van der Waals surface area (Å²) in [5.41, 5.74) is 0.148. The Morgan fingerprint density at radius 2 is 2.03 bits per heavy atom. The van der Waals surface area contributed by atoms with Crippen LogP contribution in [-0.4, -0.2) is 87.8 Å². The number of piperazine rings is 1. The fraction of sp³-hybridized carbons (Fsp3) is 0.650. The summed E-state index contributed by atoms with van der Waals surface area (Å²) in [5, 5.41) is 0. The Morgan fingerprint density at radius 1 is 1.27 bits per heavy atom. The number of carbonyl (C=O) groups excluding carboxylic acids is 1. The van der Waals surface area contributed by atoms with Gasteiger partial charge in [-0.3, -0.25) is 9.80 Å². The zero-order valence-corrected chi connectivity index (χ0v) is 19.2. The van der Waals surface area contributed by atoms with E-state index in [9.17, 15) is 4.79 Å². The maximum Gasteiger partial charge on any atom is 0.410 e. The Hall–Kier alpha value is -1.52. The number of amides is 1. The molecular formula is C20H28ClN5O3S. The molecule has 4 heterocycles. The quantitative estimate of drug-likeness (QED) is 0.661. The number of morpholine rings is 1. The molecule has 2 unspecified atom stereocenters. The van der Waals surface area contributed by atoms with Crippen LogP contribution in [0.2, 0.25) is 0 Å². The molecule has 0 N–H and O–H groups in total. The van der Waals surface area contributed by atoms with Crippen molar-refractivity contribution < 1.29 is 14.3 Å². The van der Waals surface area contributed by atoms with Crippen LogP contribution in [0.15, 0.2) is 18.6 Å². The third-order valence-corrected chi connectivity index (χ3v) is 6.54. The first-order valence-electron chi connectivity index (χ1n) is 10.2. The minimum absolute atomic E-state index is 0.0649. The average Bonchev–Trinajstić information content (AvgIpc) is 3.11. The van der Waals surface area contributed by atoms with Crippen molar-refractivity contribution >= 4 is 39.2 Å². The molecule has 0 bridgehead atoms. The monoisotopic (exact) mass is 453 g/mol. The molecule has 0 aliphatic carbocycles. The van der Waals surface area contributed by atoms with Gasteiger partial charge in [0.2, 0.25) is 0 Å². The largest absolute Gasteiger partial charge is 0.444 e. The van der Waals surface area contributed by atoms with E-state index < -0.39 is 5.60 Å². The summed E-state index contributed by atoms with van der Waals surface area (Å²) in [4.78, 5) is 28.8. The van der Waals surface area contributed by atoms with Gasteiger partial charge in [-0.05, 0) is 26.8 Å². The minimum atomic E-state index is -0.488. The van der Waals surface area contributed by atoms with Crippen LogP contribution in [0.3, 0.4) is 0 Å². The lowest BCUT2D eigenvalue weighted by Crippen LogP contribution is -2.55. The summed E-state index contributed by atoms with van der Waals surface area (Å²) in [7, 11) is 0. The smallest absolute Gasteiger partial charge is 0.410 e. The molecule has 8 nitrogen and oxygen atoms in total. The van der Waals surface area contributed by atoms with Crippen molar-refractivity contribution in [2.24, 2.45) is 0 Å². The molecule has 10 heteroatoms. The van der Waals surface area contributed by atoms with E-state index in [0.29, 0.717) is 26.2 Å². The first-order chi connectivity index (χ1) is 14.3. The van der Waals surface area contributed by atoms with Gasteiger partial charge in [0.15, 0.2) is 0 Å². The van der Waals surface area contributed by atoms with Crippen LogP contribution in [-0.2, 0) is 9.47 Å². The van der Waals surface area contributed by atoms with Crippen molar-refractivity contribution in [3.8, 4) is 0 Å². The van der Waals surface area contributed by atoms with Crippen LogP contribution >= 0.6 is 22.9 Å². The number of aromatic nitrogens is 2. The Balaban J connectivity index is 1.52. The molecule has 0 spiro atoms. The SMILES string of the molecule is CC(C)(C)OC(=O)N1CCN(C(c2cc3ncncc3s2)N2CCOC(Cl)C2)CC1. The molecule has 0 radical (unpaired) electrons. The lowest BCUT2D eigenvalue weighted by molar-refractivity contribution is -0.0601. The van der Waals surface area contributed by atoms with E-state index in [1.807, 2.05) is 27.0 Å². The van der Waals surface area contributed by atoms with E-state index in [4.69, 9.17) is 21.1 Å². The van der Waals surface area contributed by atoms with Gasteiger partial charge < -0.3 is 14.4 Å². The lowest BCUT2D eigenvalue weighted by Gasteiger charge is -2.45. The fourth-order valence-electron chi connectivity index (χ4n) is 3.85. The number of nitrogens with zero attached hydrogens (tertiary/aromatic N) is 5. The molecule has 0 saturated carbocycles.